The summed E-state index contributed by atoms with van der Waals surface area (Å²) in [5.74, 6) is -1.80. The van der Waals surface area contributed by atoms with E-state index in [2.05, 4.69) is 14.2 Å². The lowest BCUT2D eigenvalue weighted by Gasteiger charge is -2.05. The average Bonchev–Trinajstić information content (AvgIpc) is 2.35. The molecule has 0 bridgehead atoms. The van der Waals surface area contributed by atoms with Gasteiger partial charge in [-0.05, 0) is 0 Å². The van der Waals surface area contributed by atoms with Gasteiger partial charge < -0.3 is 14.2 Å². The topological polar surface area (TPSA) is 78.9 Å². The number of hydrogen-bond acceptors (Lipinski definition) is 6. The standard InChI is InChI=1S/C6H6O6/c1-3(7)5(8)11-4-2-10-6(9)12-4/h4H,2H2,1H3. The van der Waals surface area contributed by atoms with E-state index in [4.69, 9.17) is 0 Å². The maximum atomic E-state index is 10.6. The summed E-state index contributed by atoms with van der Waals surface area (Å²) < 4.78 is 13.0. The molecule has 12 heavy (non-hydrogen) atoms. The first-order valence-corrected chi connectivity index (χ1v) is 3.14. The zero-order valence-corrected chi connectivity index (χ0v) is 6.23. The van der Waals surface area contributed by atoms with Crippen molar-refractivity contribution in [3.8, 4) is 0 Å². The van der Waals surface area contributed by atoms with E-state index in [9.17, 15) is 14.4 Å². The van der Waals surface area contributed by atoms with Crippen LogP contribution in [0.3, 0.4) is 0 Å². The second-order valence-electron chi connectivity index (χ2n) is 2.07. The molecule has 1 saturated heterocycles. The molecule has 6 nitrogen and oxygen atoms in total. The van der Waals surface area contributed by atoms with Crippen LogP contribution in [0.2, 0.25) is 0 Å². The molecule has 0 saturated carbocycles. The number of hydrogen-bond donors (Lipinski definition) is 0. The molecule has 0 spiro atoms. The third kappa shape index (κ3) is 1.94. The van der Waals surface area contributed by atoms with E-state index in [0.717, 1.165) is 6.92 Å². The van der Waals surface area contributed by atoms with Crippen LogP contribution in [0.1, 0.15) is 6.92 Å². The van der Waals surface area contributed by atoms with Gasteiger partial charge in [0, 0.05) is 6.92 Å². The average molecular weight is 174 g/mol. The third-order valence-electron chi connectivity index (χ3n) is 1.09. The first-order valence-electron chi connectivity index (χ1n) is 3.14. The summed E-state index contributed by atoms with van der Waals surface area (Å²) >= 11 is 0. The second kappa shape index (κ2) is 3.21. The zero-order chi connectivity index (χ0) is 9.14. The summed E-state index contributed by atoms with van der Waals surface area (Å²) in [6.07, 6.45) is -2.00. The van der Waals surface area contributed by atoms with Crippen molar-refractivity contribution in [1.29, 1.82) is 0 Å². The Morgan fingerprint density at radius 1 is 1.58 bits per heavy atom. The Hall–Kier alpha value is -1.59. The number of ether oxygens (including phenoxy) is 3. The van der Waals surface area contributed by atoms with Gasteiger partial charge in [0.05, 0.1) is 0 Å². The van der Waals surface area contributed by atoms with Crippen molar-refractivity contribution in [3.63, 3.8) is 0 Å². The van der Waals surface area contributed by atoms with Crippen molar-refractivity contribution in [2.75, 3.05) is 6.61 Å². The van der Waals surface area contributed by atoms with Crippen LogP contribution < -0.4 is 0 Å². The van der Waals surface area contributed by atoms with E-state index < -0.39 is 24.2 Å². The lowest BCUT2D eigenvalue weighted by molar-refractivity contribution is -0.168. The summed E-state index contributed by atoms with van der Waals surface area (Å²) in [6.45, 7) is 0.887. The summed E-state index contributed by atoms with van der Waals surface area (Å²) in [6, 6.07) is 0. The minimum Gasteiger partial charge on any atom is -0.426 e. The lowest BCUT2D eigenvalue weighted by Crippen LogP contribution is -2.24. The van der Waals surface area contributed by atoms with Gasteiger partial charge in [-0.1, -0.05) is 0 Å². The molecule has 1 atom stereocenters. The molecule has 6 heteroatoms. The summed E-state index contributed by atoms with van der Waals surface area (Å²) in [7, 11) is 0. The Bertz CT molecular complexity index is 232. The van der Waals surface area contributed by atoms with E-state index in [1.165, 1.54) is 0 Å². The highest BCUT2D eigenvalue weighted by Gasteiger charge is 2.29. The Morgan fingerprint density at radius 2 is 2.25 bits per heavy atom. The largest absolute Gasteiger partial charge is 0.511 e. The molecule has 1 aliphatic heterocycles. The monoisotopic (exact) mass is 174 g/mol. The predicted molar refractivity (Wildman–Crippen MR) is 33.0 cm³/mol. The van der Waals surface area contributed by atoms with Crippen molar-refractivity contribution in [2.24, 2.45) is 0 Å². The van der Waals surface area contributed by atoms with Gasteiger partial charge in [0.1, 0.15) is 0 Å². The van der Waals surface area contributed by atoms with Crippen LogP contribution in [0.25, 0.3) is 0 Å². The molecule has 0 aliphatic carbocycles. The highest BCUT2D eigenvalue weighted by molar-refractivity contribution is 6.32. The molecule has 0 aromatic heterocycles. The van der Waals surface area contributed by atoms with Crippen molar-refractivity contribution in [1.82, 2.24) is 0 Å². The van der Waals surface area contributed by atoms with Gasteiger partial charge in [-0.25, -0.2) is 9.59 Å². The second-order valence-corrected chi connectivity index (χ2v) is 2.07. The van der Waals surface area contributed by atoms with E-state index >= 15 is 0 Å². The SMILES string of the molecule is CC(=O)C(=O)OC1COC(=O)O1. The van der Waals surface area contributed by atoms with Crippen molar-refractivity contribution in [2.45, 2.75) is 13.2 Å². The fourth-order valence-corrected chi connectivity index (χ4v) is 0.572. The van der Waals surface area contributed by atoms with Crippen molar-refractivity contribution >= 4 is 17.9 Å². The molecule has 1 fully saturated rings. The molecule has 0 N–H and O–H groups in total. The number of carbonyl (C=O) groups is 3. The Labute approximate surface area is 67.4 Å². The number of esters is 1. The first-order chi connectivity index (χ1) is 5.59. The molecular weight excluding hydrogens is 168 g/mol. The Morgan fingerprint density at radius 3 is 2.67 bits per heavy atom. The summed E-state index contributed by atoms with van der Waals surface area (Å²) in [5, 5.41) is 0. The van der Waals surface area contributed by atoms with E-state index in [0.29, 0.717) is 0 Å². The van der Waals surface area contributed by atoms with Gasteiger partial charge in [0.2, 0.25) is 5.78 Å². The minimum atomic E-state index is -1.09. The van der Waals surface area contributed by atoms with E-state index in [1.54, 1.807) is 0 Å². The van der Waals surface area contributed by atoms with Crippen LogP contribution in [0.15, 0.2) is 0 Å². The molecule has 1 heterocycles. The van der Waals surface area contributed by atoms with Crippen LogP contribution in [0, 0.1) is 0 Å². The Balaban J connectivity index is 2.37. The smallest absolute Gasteiger partial charge is 0.426 e. The maximum Gasteiger partial charge on any atom is 0.511 e. The van der Waals surface area contributed by atoms with Gasteiger partial charge in [0.15, 0.2) is 6.61 Å². The van der Waals surface area contributed by atoms with Crippen LogP contribution in [-0.2, 0) is 23.8 Å². The maximum absolute atomic E-state index is 10.6. The highest BCUT2D eigenvalue weighted by Crippen LogP contribution is 2.07. The first kappa shape index (κ1) is 8.51. The van der Waals surface area contributed by atoms with Gasteiger partial charge in [0.25, 0.3) is 6.29 Å². The number of Topliss-reactive ketones (excluding diaryl/α,β-unsaturated/α-hetero) is 1. The van der Waals surface area contributed by atoms with Crippen LogP contribution in [-0.4, -0.2) is 30.8 Å². The summed E-state index contributed by atoms with van der Waals surface area (Å²) in [4.78, 5) is 31.2. The minimum absolute atomic E-state index is 0.169. The number of carbonyl (C=O) groups excluding carboxylic acids is 3. The molecular formula is C6H6O6. The molecule has 0 radical (unpaired) electrons. The molecule has 66 valence electrons. The number of cyclic esters (lactones) is 2. The quantitative estimate of drug-likeness (QED) is 0.419. The summed E-state index contributed by atoms with van der Waals surface area (Å²) in [5.41, 5.74) is 0. The molecule has 0 aromatic rings. The van der Waals surface area contributed by atoms with Gasteiger partial charge in [-0.2, -0.15) is 0 Å². The fraction of sp³-hybridized carbons (Fsp3) is 0.500. The van der Waals surface area contributed by atoms with Crippen LogP contribution in [0.5, 0.6) is 0 Å². The molecule has 1 unspecified atom stereocenters. The molecule has 0 aromatic carbocycles. The number of ketones is 1. The van der Waals surface area contributed by atoms with Gasteiger partial charge in [-0.3, -0.25) is 4.79 Å². The molecule has 1 rings (SSSR count). The van der Waals surface area contributed by atoms with E-state index in [-0.39, 0.29) is 6.61 Å². The highest BCUT2D eigenvalue weighted by atomic mass is 16.8. The molecule has 1 aliphatic rings. The van der Waals surface area contributed by atoms with E-state index in [1.807, 2.05) is 0 Å². The zero-order valence-electron chi connectivity index (χ0n) is 6.23. The predicted octanol–water partition coefficient (Wildman–Crippen LogP) is -0.389. The van der Waals surface area contributed by atoms with Gasteiger partial charge in [-0.15, -0.1) is 0 Å². The van der Waals surface area contributed by atoms with Crippen LogP contribution in [0.4, 0.5) is 4.79 Å². The lowest BCUT2D eigenvalue weighted by atomic mass is 10.5. The Kier molecular flexibility index (Phi) is 2.27. The van der Waals surface area contributed by atoms with Crippen molar-refractivity contribution < 1.29 is 28.6 Å². The van der Waals surface area contributed by atoms with Gasteiger partial charge >= 0.3 is 12.1 Å². The number of rotatable bonds is 2. The fourth-order valence-electron chi connectivity index (χ4n) is 0.572. The third-order valence-corrected chi connectivity index (χ3v) is 1.09. The van der Waals surface area contributed by atoms with Crippen molar-refractivity contribution in [3.05, 3.63) is 0 Å². The normalized spacial score (nSPS) is 21.1. The van der Waals surface area contributed by atoms with Crippen LogP contribution >= 0.6 is 0 Å². The molecule has 0 amide bonds.